The number of anilines is 1. The van der Waals surface area contributed by atoms with E-state index in [2.05, 4.69) is 77.6 Å². The first-order chi connectivity index (χ1) is 13.5. The second kappa shape index (κ2) is 14.0. The standard InChI is InChI=1S/C22H39N5O.HI/c1-18(2)21(27-13-15-28-16-14-27)17-25-22(23-3)24-12-6-7-19-8-10-20(11-9-19)26(4)5;/h8-11,18,21H,6-7,12-17H2,1-5H3,(H2,23,24,25);1H. The average molecular weight is 518 g/mol. The fourth-order valence-electron chi connectivity index (χ4n) is 3.58. The van der Waals surface area contributed by atoms with Gasteiger partial charge in [0.05, 0.1) is 13.2 Å². The summed E-state index contributed by atoms with van der Waals surface area (Å²) in [6.07, 6.45) is 2.15. The fourth-order valence-corrected chi connectivity index (χ4v) is 3.58. The molecule has 166 valence electrons. The third-order valence-electron chi connectivity index (χ3n) is 5.37. The first-order valence-electron chi connectivity index (χ1n) is 10.5. The lowest BCUT2D eigenvalue weighted by molar-refractivity contribution is 0.00752. The number of ether oxygens (including phenoxy) is 1. The molecule has 1 fully saturated rings. The maximum atomic E-state index is 5.50. The van der Waals surface area contributed by atoms with Crippen LogP contribution in [0.4, 0.5) is 5.69 Å². The van der Waals surface area contributed by atoms with Gasteiger partial charge >= 0.3 is 0 Å². The molecule has 7 heteroatoms. The predicted octanol–water partition coefficient (Wildman–Crippen LogP) is 2.83. The van der Waals surface area contributed by atoms with Crippen LogP contribution in [0.15, 0.2) is 29.3 Å². The van der Waals surface area contributed by atoms with Gasteiger partial charge in [-0.1, -0.05) is 26.0 Å². The van der Waals surface area contributed by atoms with Gasteiger partial charge < -0.3 is 20.3 Å². The summed E-state index contributed by atoms with van der Waals surface area (Å²) < 4.78 is 5.50. The number of aliphatic imine (C=N–C) groups is 1. The molecule has 0 aliphatic carbocycles. The lowest BCUT2D eigenvalue weighted by Crippen LogP contribution is -2.52. The molecule has 6 nitrogen and oxygen atoms in total. The van der Waals surface area contributed by atoms with Crippen LogP contribution in [0.3, 0.4) is 0 Å². The van der Waals surface area contributed by atoms with Gasteiger partial charge in [0.2, 0.25) is 0 Å². The summed E-state index contributed by atoms with van der Waals surface area (Å²) >= 11 is 0. The number of benzene rings is 1. The van der Waals surface area contributed by atoms with Gasteiger partial charge in [0.25, 0.3) is 0 Å². The minimum atomic E-state index is 0. The number of nitrogens with zero attached hydrogens (tertiary/aromatic N) is 3. The number of hydrogen-bond donors (Lipinski definition) is 2. The number of rotatable bonds is 9. The van der Waals surface area contributed by atoms with Crippen molar-refractivity contribution in [3.8, 4) is 0 Å². The minimum Gasteiger partial charge on any atom is -0.379 e. The van der Waals surface area contributed by atoms with E-state index in [0.717, 1.165) is 58.2 Å². The largest absolute Gasteiger partial charge is 0.379 e. The van der Waals surface area contributed by atoms with Gasteiger partial charge in [0.1, 0.15) is 0 Å². The van der Waals surface area contributed by atoms with Crippen molar-refractivity contribution in [2.45, 2.75) is 32.7 Å². The molecule has 0 aromatic heterocycles. The molecule has 0 amide bonds. The molecule has 29 heavy (non-hydrogen) atoms. The normalized spacial score (nSPS) is 16.3. The summed E-state index contributed by atoms with van der Waals surface area (Å²) in [6, 6.07) is 9.30. The Bertz CT molecular complexity index is 585. The molecule has 0 saturated carbocycles. The van der Waals surface area contributed by atoms with E-state index >= 15 is 0 Å². The molecule has 2 rings (SSSR count). The molecule has 0 spiro atoms. The third-order valence-corrected chi connectivity index (χ3v) is 5.37. The Balaban J connectivity index is 0.00000420. The van der Waals surface area contributed by atoms with Crippen molar-refractivity contribution in [1.82, 2.24) is 15.5 Å². The highest BCUT2D eigenvalue weighted by molar-refractivity contribution is 14.0. The van der Waals surface area contributed by atoms with Crippen molar-refractivity contribution in [3.63, 3.8) is 0 Å². The van der Waals surface area contributed by atoms with E-state index in [9.17, 15) is 0 Å². The molecule has 1 heterocycles. The van der Waals surface area contributed by atoms with Crippen molar-refractivity contribution < 1.29 is 4.74 Å². The van der Waals surface area contributed by atoms with Gasteiger partial charge in [-0.05, 0) is 36.5 Å². The van der Waals surface area contributed by atoms with Crippen LogP contribution in [-0.2, 0) is 11.2 Å². The molecule has 1 saturated heterocycles. The third kappa shape index (κ3) is 9.09. The quantitative estimate of drug-likeness (QED) is 0.229. The summed E-state index contributed by atoms with van der Waals surface area (Å²) in [7, 11) is 5.98. The lowest BCUT2D eigenvalue weighted by Gasteiger charge is -2.37. The smallest absolute Gasteiger partial charge is 0.191 e. The molecule has 1 atom stereocenters. The van der Waals surface area contributed by atoms with E-state index in [-0.39, 0.29) is 24.0 Å². The first-order valence-corrected chi connectivity index (χ1v) is 10.5. The second-order valence-electron chi connectivity index (χ2n) is 8.00. The zero-order valence-corrected chi connectivity index (χ0v) is 21.1. The van der Waals surface area contributed by atoms with Gasteiger partial charge in [-0.25, -0.2) is 0 Å². The first kappa shape index (κ1) is 26.0. The van der Waals surface area contributed by atoms with E-state index in [1.54, 1.807) is 0 Å². The van der Waals surface area contributed by atoms with Crippen LogP contribution >= 0.6 is 24.0 Å². The number of nitrogens with one attached hydrogen (secondary N) is 2. The van der Waals surface area contributed by atoms with Crippen LogP contribution < -0.4 is 15.5 Å². The van der Waals surface area contributed by atoms with E-state index in [1.165, 1.54) is 11.3 Å². The van der Waals surface area contributed by atoms with Crippen LogP contribution in [-0.4, -0.2) is 77.4 Å². The highest BCUT2D eigenvalue weighted by Gasteiger charge is 2.23. The van der Waals surface area contributed by atoms with Crippen molar-refractivity contribution in [2.24, 2.45) is 10.9 Å². The molecule has 1 aliphatic rings. The summed E-state index contributed by atoms with van der Waals surface area (Å²) in [5.74, 6) is 1.48. The molecule has 0 bridgehead atoms. The molecule has 1 aromatic carbocycles. The van der Waals surface area contributed by atoms with Gasteiger partial charge in [-0.3, -0.25) is 9.89 Å². The fraction of sp³-hybridized carbons (Fsp3) is 0.682. The zero-order valence-electron chi connectivity index (χ0n) is 18.8. The molecular weight excluding hydrogens is 477 g/mol. The Morgan fingerprint density at radius 2 is 1.79 bits per heavy atom. The lowest BCUT2D eigenvalue weighted by atomic mass is 10.0. The molecule has 0 radical (unpaired) electrons. The maximum Gasteiger partial charge on any atom is 0.191 e. The number of guanidine groups is 1. The van der Waals surface area contributed by atoms with Crippen LogP contribution in [0.5, 0.6) is 0 Å². The summed E-state index contributed by atoms with van der Waals surface area (Å²) in [4.78, 5) is 9.05. The Kier molecular flexibility index (Phi) is 12.6. The molecule has 2 N–H and O–H groups in total. The predicted molar refractivity (Wildman–Crippen MR) is 135 cm³/mol. The zero-order chi connectivity index (χ0) is 20.4. The number of aryl methyl sites for hydroxylation is 1. The van der Waals surface area contributed by atoms with Crippen LogP contribution in [0.25, 0.3) is 0 Å². The van der Waals surface area contributed by atoms with Crippen molar-refractivity contribution >= 4 is 35.6 Å². The Morgan fingerprint density at radius 1 is 1.14 bits per heavy atom. The molecule has 1 aliphatic heterocycles. The van der Waals surface area contributed by atoms with Crippen molar-refractivity contribution in [2.75, 3.05) is 65.4 Å². The van der Waals surface area contributed by atoms with E-state index in [1.807, 2.05) is 7.05 Å². The number of halogens is 1. The van der Waals surface area contributed by atoms with Crippen molar-refractivity contribution in [3.05, 3.63) is 29.8 Å². The van der Waals surface area contributed by atoms with Crippen LogP contribution in [0, 0.1) is 5.92 Å². The summed E-state index contributed by atoms with van der Waals surface area (Å²) in [5, 5.41) is 6.97. The molecule has 1 aromatic rings. The average Bonchev–Trinajstić information content (AvgIpc) is 2.70. The summed E-state index contributed by atoms with van der Waals surface area (Å²) in [5.41, 5.74) is 2.62. The van der Waals surface area contributed by atoms with Gasteiger partial charge in [-0.2, -0.15) is 0 Å². The Hall–Kier alpha value is -1.06. The van der Waals surface area contributed by atoms with Gasteiger partial charge in [-0.15, -0.1) is 24.0 Å². The van der Waals surface area contributed by atoms with Gasteiger partial charge in [0, 0.05) is 59.1 Å². The topological polar surface area (TPSA) is 52.1 Å². The SMILES string of the molecule is CN=C(NCCCc1ccc(N(C)C)cc1)NCC(C(C)C)N1CCOCC1.I. The highest BCUT2D eigenvalue weighted by atomic mass is 127. The maximum absolute atomic E-state index is 5.50. The highest BCUT2D eigenvalue weighted by Crippen LogP contribution is 2.13. The van der Waals surface area contributed by atoms with Crippen LogP contribution in [0.1, 0.15) is 25.8 Å². The Labute approximate surface area is 194 Å². The van der Waals surface area contributed by atoms with Gasteiger partial charge in [0.15, 0.2) is 5.96 Å². The van der Waals surface area contributed by atoms with E-state index in [4.69, 9.17) is 4.74 Å². The molecular formula is C22H40IN5O. The van der Waals surface area contributed by atoms with Crippen molar-refractivity contribution in [1.29, 1.82) is 0 Å². The second-order valence-corrected chi connectivity index (χ2v) is 8.00. The number of hydrogen-bond acceptors (Lipinski definition) is 4. The monoisotopic (exact) mass is 517 g/mol. The minimum absolute atomic E-state index is 0. The Morgan fingerprint density at radius 3 is 2.34 bits per heavy atom. The van der Waals surface area contributed by atoms with E-state index < -0.39 is 0 Å². The van der Waals surface area contributed by atoms with E-state index in [0.29, 0.717) is 12.0 Å². The molecule has 1 unspecified atom stereocenters. The number of morpholine rings is 1. The van der Waals surface area contributed by atoms with Crippen LogP contribution in [0.2, 0.25) is 0 Å². The summed E-state index contributed by atoms with van der Waals surface area (Å²) in [6.45, 7) is 10.1.